The summed E-state index contributed by atoms with van der Waals surface area (Å²) in [4.78, 5) is 0. The molecule has 1 N–H and O–H groups in total. The molecule has 184 valence electrons. The fraction of sp³-hybridized carbons (Fsp3) is 0.207. The van der Waals surface area contributed by atoms with Crippen LogP contribution >= 0.6 is 0 Å². The van der Waals surface area contributed by atoms with Gasteiger partial charge in [-0.1, -0.05) is 30.3 Å². The van der Waals surface area contributed by atoms with Crippen molar-refractivity contribution in [2.75, 3.05) is 33.4 Å². The number of anilines is 1. The fourth-order valence-corrected chi connectivity index (χ4v) is 4.69. The van der Waals surface area contributed by atoms with Gasteiger partial charge < -0.3 is 24.1 Å². The van der Waals surface area contributed by atoms with Gasteiger partial charge in [-0.15, -0.1) is 0 Å². The van der Waals surface area contributed by atoms with Crippen LogP contribution in [0.2, 0.25) is 0 Å². The van der Waals surface area contributed by atoms with Gasteiger partial charge >= 0.3 is 0 Å². The van der Waals surface area contributed by atoms with Gasteiger partial charge in [-0.05, 0) is 35.7 Å². The summed E-state index contributed by atoms with van der Waals surface area (Å²) in [5, 5.41) is 19.9. The van der Waals surface area contributed by atoms with Crippen molar-refractivity contribution in [2.24, 2.45) is 5.10 Å². The number of ether oxygens (including phenoxy) is 4. The minimum Gasteiger partial charge on any atom is -0.507 e. The molecule has 36 heavy (non-hydrogen) atoms. The Balaban J connectivity index is 1.66. The molecule has 7 heteroatoms. The van der Waals surface area contributed by atoms with Crippen molar-refractivity contribution in [3.63, 3.8) is 0 Å². The molecule has 0 saturated carbocycles. The van der Waals surface area contributed by atoms with E-state index in [0.717, 1.165) is 27.7 Å². The number of nitrogens with zero attached hydrogens (tertiary/aromatic N) is 2. The Morgan fingerprint density at radius 3 is 2.19 bits per heavy atom. The first-order valence-corrected chi connectivity index (χ1v) is 11.6. The van der Waals surface area contributed by atoms with E-state index in [0.29, 0.717) is 35.0 Å². The lowest BCUT2D eigenvalue weighted by Crippen LogP contribution is -2.20. The Hall–Kier alpha value is -4.39. The molecular weight excluding hydrogens is 456 g/mol. The third kappa shape index (κ3) is 4.02. The lowest BCUT2D eigenvalue weighted by Gasteiger charge is -2.27. The second-order valence-electron chi connectivity index (χ2n) is 8.44. The topological polar surface area (TPSA) is 72.8 Å². The van der Waals surface area contributed by atoms with Crippen molar-refractivity contribution < 1.29 is 24.1 Å². The fourth-order valence-electron chi connectivity index (χ4n) is 4.69. The number of phenolic OH excluding ortho intramolecular Hbond substituents is 1. The largest absolute Gasteiger partial charge is 0.507 e. The summed E-state index contributed by atoms with van der Waals surface area (Å²) in [6, 6.07) is 22.9. The number of benzene rings is 4. The van der Waals surface area contributed by atoms with Crippen molar-refractivity contribution in [1.82, 2.24) is 0 Å². The molecule has 1 atom stereocenters. The van der Waals surface area contributed by atoms with E-state index in [-0.39, 0.29) is 11.8 Å². The summed E-state index contributed by atoms with van der Waals surface area (Å²) < 4.78 is 22.2. The lowest BCUT2D eigenvalue weighted by molar-refractivity contribution is 0.386. The highest BCUT2D eigenvalue weighted by atomic mass is 16.5. The van der Waals surface area contributed by atoms with Crippen LogP contribution in [0.25, 0.3) is 10.8 Å². The molecule has 1 unspecified atom stereocenters. The second-order valence-corrected chi connectivity index (χ2v) is 8.44. The molecular formula is C29H28N2O5. The molecule has 7 nitrogen and oxygen atoms in total. The highest BCUT2D eigenvalue weighted by Crippen LogP contribution is 2.46. The molecule has 0 aliphatic carbocycles. The summed E-state index contributed by atoms with van der Waals surface area (Å²) in [6.45, 7) is 0. The number of fused-ring (bicyclic) bond motifs is 1. The third-order valence-corrected chi connectivity index (χ3v) is 6.56. The first-order valence-electron chi connectivity index (χ1n) is 11.6. The van der Waals surface area contributed by atoms with E-state index < -0.39 is 0 Å². The Morgan fingerprint density at radius 2 is 1.47 bits per heavy atom. The highest BCUT2D eigenvalue weighted by Gasteiger charge is 2.34. The second kappa shape index (κ2) is 9.70. The van der Waals surface area contributed by atoms with Crippen LogP contribution in [0.4, 0.5) is 5.69 Å². The van der Waals surface area contributed by atoms with E-state index in [1.54, 1.807) is 28.4 Å². The smallest absolute Gasteiger partial charge is 0.147 e. The van der Waals surface area contributed by atoms with Gasteiger partial charge in [-0.25, -0.2) is 0 Å². The van der Waals surface area contributed by atoms with E-state index in [9.17, 15) is 5.11 Å². The molecule has 5 rings (SSSR count). The number of hydrogen-bond donors (Lipinski definition) is 1. The SMILES string of the molecule is COc1ccc(C2CC(c3ccc4ccccc4c3O)=NN2c2ccc(OC)cc2OC)c(OC)c1. The van der Waals surface area contributed by atoms with Gasteiger partial charge in [-0.2, -0.15) is 5.10 Å². The molecule has 0 radical (unpaired) electrons. The Kier molecular flexibility index (Phi) is 6.29. The van der Waals surface area contributed by atoms with E-state index >= 15 is 0 Å². The standard InChI is InChI=1S/C29H28N2O5/c1-33-19-10-13-23(27(15-19)35-3)26-17-24(22-12-9-18-7-5-6-8-21(18)29(22)32)30-31(26)25-14-11-20(34-2)16-28(25)36-4/h5-16,26,32H,17H2,1-4H3. The van der Waals surface area contributed by atoms with Crippen LogP contribution in [-0.2, 0) is 0 Å². The molecule has 0 spiro atoms. The number of methoxy groups -OCH3 is 4. The maximum Gasteiger partial charge on any atom is 0.147 e. The number of hydrogen-bond acceptors (Lipinski definition) is 7. The lowest BCUT2D eigenvalue weighted by atomic mass is 9.95. The number of aromatic hydroxyl groups is 1. The van der Waals surface area contributed by atoms with Crippen LogP contribution in [0.15, 0.2) is 77.9 Å². The van der Waals surface area contributed by atoms with Crippen LogP contribution in [0, 0.1) is 0 Å². The number of phenols is 1. The summed E-state index contributed by atoms with van der Waals surface area (Å²) in [7, 11) is 6.51. The summed E-state index contributed by atoms with van der Waals surface area (Å²) >= 11 is 0. The van der Waals surface area contributed by atoms with E-state index in [4.69, 9.17) is 24.0 Å². The summed E-state index contributed by atoms with van der Waals surface area (Å²) in [5.74, 6) is 2.92. The van der Waals surface area contributed by atoms with Gasteiger partial charge in [0.1, 0.15) is 34.4 Å². The summed E-state index contributed by atoms with van der Waals surface area (Å²) in [6.07, 6.45) is 0.545. The van der Waals surface area contributed by atoms with Crippen LogP contribution in [0.5, 0.6) is 28.7 Å². The van der Waals surface area contributed by atoms with E-state index in [1.807, 2.05) is 77.8 Å². The molecule has 1 heterocycles. The molecule has 0 fully saturated rings. The van der Waals surface area contributed by atoms with Crippen molar-refractivity contribution in [2.45, 2.75) is 12.5 Å². The van der Waals surface area contributed by atoms with Crippen molar-refractivity contribution >= 4 is 22.2 Å². The Bertz CT molecular complexity index is 1450. The first kappa shape index (κ1) is 23.4. The van der Waals surface area contributed by atoms with Crippen LogP contribution < -0.4 is 24.0 Å². The van der Waals surface area contributed by atoms with Crippen LogP contribution in [0.3, 0.4) is 0 Å². The minimum atomic E-state index is -0.214. The predicted molar refractivity (Wildman–Crippen MR) is 141 cm³/mol. The maximum atomic E-state index is 11.2. The quantitative estimate of drug-likeness (QED) is 0.350. The molecule has 0 bridgehead atoms. The van der Waals surface area contributed by atoms with Crippen molar-refractivity contribution in [1.29, 1.82) is 0 Å². The Labute approximate surface area is 210 Å². The number of rotatable bonds is 7. The van der Waals surface area contributed by atoms with Gasteiger partial charge in [0.05, 0.1) is 40.2 Å². The zero-order valence-corrected chi connectivity index (χ0v) is 20.7. The number of hydrazone groups is 1. The van der Waals surface area contributed by atoms with Crippen molar-refractivity contribution in [3.8, 4) is 28.7 Å². The first-order chi connectivity index (χ1) is 17.6. The highest BCUT2D eigenvalue weighted by molar-refractivity contribution is 6.09. The maximum absolute atomic E-state index is 11.2. The molecule has 1 aliphatic heterocycles. The molecule has 1 aliphatic rings. The van der Waals surface area contributed by atoms with Gasteiger partial charge in [-0.3, -0.25) is 5.01 Å². The van der Waals surface area contributed by atoms with Gasteiger partial charge in [0.15, 0.2) is 0 Å². The van der Waals surface area contributed by atoms with Gasteiger partial charge in [0, 0.05) is 35.1 Å². The zero-order chi connectivity index (χ0) is 25.2. The third-order valence-electron chi connectivity index (χ3n) is 6.56. The molecule has 4 aromatic carbocycles. The normalized spacial score (nSPS) is 15.1. The monoisotopic (exact) mass is 484 g/mol. The van der Waals surface area contributed by atoms with Crippen LogP contribution in [-0.4, -0.2) is 39.3 Å². The molecule has 0 amide bonds. The average Bonchev–Trinajstić information content (AvgIpc) is 3.37. The minimum absolute atomic E-state index is 0.214. The Morgan fingerprint density at radius 1 is 0.778 bits per heavy atom. The van der Waals surface area contributed by atoms with Crippen molar-refractivity contribution in [3.05, 3.63) is 83.9 Å². The average molecular weight is 485 g/mol. The van der Waals surface area contributed by atoms with E-state index in [2.05, 4.69) is 0 Å². The van der Waals surface area contributed by atoms with Gasteiger partial charge in [0.2, 0.25) is 0 Å². The summed E-state index contributed by atoms with van der Waals surface area (Å²) in [5.41, 5.74) is 3.17. The zero-order valence-electron chi connectivity index (χ0n) is 20.7. The molecule has 0 saturated heterocycles. The van der Waals surface area contributed by atoms with Gasteiger partial charge in [0.25, 0.3) is 0 Å². The molecule has 0 aromatic heterocycles. The van der Waals surface area contributed by atoms with E-state index in [1.165, 1.54) is 0 Å². The van der Waals surface area contributed by atoms with Crippen LogP contribution in [0.1, 0.15) is 23.6 Å². The predicted octanol–water partition coefficient (Wildman–Crippen LogP) is 5.94. The molecule has 4 aromatic rings.